The number of rotatable bonds is 5. The van der Waals surface area contributed by atoms with Crippen LogP contribution >= 0.6 is 15.9 Å². The van der Waals surface area contributed by atoms with Gasteiger partial charge >= 0.3 is 11.9 Å². The summed E-state index contributed by atoms with van der Waals surface area (Å²) in [5, 5.41) is 0. The van der Waals surface area contributed by atoms with Gasteiger partial charge in [-0.3, -0.25) is 0 Å². The van der Waals surface area contributed by atoms with Gasteiger partial charge in [0.2, 0.25) is 0 Å². The van der Waals surface area contributed by atoms with E-state index in [2.05, 4.69) is 20.7 Å². The normalized spacial score (nSPS) is 27.3. The van der Waals surface area contributed by atoms with Crippen LogP contribution in [0.3, 0.4) is 0 Å². The zero-order valence-electron chi connectivity index (χ0n) is 18.1. The molecule has 6 nitrogen and oxygen atoms in total. The van der Waals surface area contributed by atoms with Gasteiger partial charge in [0, 0.05) is 23.1 Å². The van der Waals surface area contributed by atoms with Crippen LogP contribution in [0.1, 0.15) is 52.5 Å². The third-order valence-electron chi connectivity index (χ3n) is 5.49. The number of hydrogen-bond acceptors (Lipinski definition) is 5. The monoisotopic (exact) mass is 523 g/mol. The van der Waals surface area contributed by atoms with Crippen LogP contribution in [0.4, 0.5) is 8.78 Å². The molecular formula is C21H28BrF2NO5S. The number of fused-ring (bicyclic) bond motifs is 1. The Morgan fingerprint density at radius 3 is 2.65 bits per heavy atom. The van der Waals surface area contributed by atoms with E-state index in [-0.39, 0.29) is 30.9 Å². The van der Waals surface area contributed by atoms with Crippen molar-refractivity contribution in [2.45, 2.75) is 68.8 Å². The summed E-state index contributed by atoms with van der Waals surface area (Å²) in [7, 11) is -1.93. The minimum atomic E-state index is -4.03. The summed E-state index contributed by atoms with van der Waals surface area (Å²) in [6.45, 7) is 6.87. The summed E-state index contributed by atoms with van der Waals surface area (Å²) in [6, 6.07) is 4.73. The lowest BCUT2D eigenvalue weighted by atomic mass is 9.71. The molecule has 3 atom stereocenters. The van der Waals surface area contributed by atoms with Crippen LogP contribution in [0, 0.1) is 0 Å². The first kappa shape index (κ1) is 24.5. The smallest absolute Gasteiger partial charge is 0.379 e. The number of esters is 1. The van der Waals surface area contributed by atoms with E-state index in [4.69, 9.17) is 14.2 Å². The molecule has 174 valence electrons. The van der Waals surface area contributed by atoms with Crippen molar-refractivity contribution in [3.8, 4) is 5.75 Å². The van der Waals surface area contributed by atoms with Gasteiger partial charge in [0.05, 0.1) is 28.9 Å². The number of nitrogens with one attached hydrogen (secondary N) is 1. The molecule has 2 aliphatic heterocycles. The Hall–Kier alpha value is -1.10. The molecule has 10 heteroatoms. The zero-order valence-corrected chi connectivity index (χ0v) is 20.5. The molecule has 31 heavy (non-hydrogen) atoms. The first-order chi connectivity index (χ1) is 14.4. The lowest BCUT2D eigenvalue weighted by molar-refractivity contribution is -0.196. The molecule has 0 bridgehead atoms. The van der Waals surface area contributed by atoms with Crippen molar-refractivity contribution in [3.05, 3.63) is 28.2 Å². The van der Waals surface area contributed by atoms with Crippen molar-refractivity contribution in [1.82, 2.24) is 4.72 Å². The number of alkyl halides is 2. The maximum Gasteiger partial charge on any atom is 0.379 e. The molecule has 1 fully saturated rings. The van der Waals surface area contributed by atoms with Crippen LogP contribution in [0.2, 0.25) is 0 Å². The Morgan fingerprint density at radius 1 is 1.35 bits per heavy atom. The number of ether oxygens (including phenoxy) is 3. The molecule has 1 unspecified atom stereocenters. The number of halogens is 3. The van der Waals surface area contributed by atoms with Crippen molar-refractivity contribution in [3.63, 3.8) is 0 Å². The van der Waals surface area contributed by atoms with E-state index in [0.717, 1.165) is 0 Å². The van der Waals surface area contributed by atoms with E-state index in [0.29, 0.717) is 23.9 Å². The van der Waals surface area contributed by atoms with Gasteiger partial charge in [0.25, 0.3) is 0 Å². The van der Waals surface area contributed by atoms with Gasteiger partial charge in [0.1, 0.15) is 16.9 Å². The minimum Gasteiger partial charge on any atom is -0.484 e. The summed E-state index contributed by atoms with van der Waals surface area (Å²) in [6.07, 6.45) is 0.777. The molecule has 1 spiro atoms. The van der Waals surface area contributed by atoms with Crippen LogP contribution in [0.25, 0.3) is 0 Å². The van der Waals surface area contributed by atoms with E-state index in [9.17, 15) is 9.00 Å². The fourth-order valence-corrected chi connectivity index (χ4v) is 5.26. The van der Waals surface area contributed by atoms with Crippen LogP contribution in [0.15, 0.2) is 22.7 Å². The van der Waals surface area contributed by atoms with Crippen LogP contribution in [-0.4, -0.2) is 46.3 Å². The van der Waals surface area contributed by atoms with Gasteiger partial charge in [-0.1, -0.05) is 15.9 Å². The summed E-state index contributed by atoms with van der Waals surface area (Å²) < 4.78 is 64.2. The molecule has 1 aromatic rings. The lowest BCUT2D eigenvalue weighted by Crippen LogP contribution is -2.68. The maximum absolute atomic E-state index is 16.1. The second-order valence-corrected chi connectivity index (χ2v) is 11.8. The predicted octanol–water partition coefficient (Wildman–Crippen LogP) is 4.23. The van der Waals surface area contributed by atoms with E-state index in [1.165, 1.54) is 13.0 Å². The Morgan fingerprint density at radius 2 is 2.06 bits per heavy atom. The molecule has 0 saturated carbocycles. The number of carbonyl (C=O) groups is 1. The molecule has 0 aliphatic carbocycles. The largest absolute Gasteiger partial charge is 0.484 e. The standard InChI is InChI=1S/C21H28BrF2NO5S/c1-5-29-17(26)21(23,24)20(25-31(27)18(2,3)4)12-19(9-6-10-28-13-19)30-16-8-7-14(22)11-15(16)20/h7-8,11,25H,5-6,9-10,12-13H2,1-4H3/t19?,20-,31-/m1/s1. The van der Waals surface area contributed by atoms with Gasteiger partial charge < -0.3 is 14.2 Å². The number of hydrogen-bond donors (Lipinski definition) is 1. The molecule has 2 heterocycles. The SMILES string of the molecule is CCOC(=O)C(F)(F)[C@@]1(N[S@](=O)C(C)(C)C)CC2(CCCOC2)Oc2ccc(Br)cc21. The van der Waals surface area contributed by atoms with Crippen LogP contribution in [0.5, 0.6) is 5.75 Å². The Labute approximate surface area is 192 Å². The van der Waals surface area contributed by atoms with Crippen molar-refractivity contribution in [2.75, 3.05) is 19.8 Å². The van der Waals surface area contributed by atoms with Gasteiger partial charge in [0.15, 0.2) is 0 Å². The molecule has 0 radical (unpaired) electrons. The lowest BCUT2D eigenvalue weighted by Gasteiger charge is -2.52. The Balaban J connectivity index is 2.27. The summed E-state index contributed by atoms with van der Waals surface area (Å²) in [4.78, 5) is 12.6. The molecule has 0 aromatic heterocycles. The van der Waals surface area contributed by atoms with Crippen LogP contribution in [-0.2, 0) is 30.8 Å². The quantitative estimate of drug-likeness (QED) is 0.584. The van der Waals surface area contributed by atoms with Gasteiger partial charge in [-0.25, -0.2) is 13.7 Å². The van der Waals surface area contributed by atoms with E-state index >= 15 is 8.78 Å². The average Bonchev–Trinajstić information content (AvgIpc) is 2.68. The molecule has 1 saturated heterocycles. The predicted molar refractivity (Wildman–Crippen MR) is 116 cm³/mol. The highest BCUT2D eigenvalue weighted by atomic mass is 79.9. The van der Waals surface area contributed by atoms with E-state index < -0.39 is 38.8 Å². The molecule has 3 rings (SSSR count). The van der Waals surface area contributed by atoms with Crippen molar-refractivity contribution in [2.24, 2.45) is 0 Å². The summed E-state index contributed by atoms with van der Waals surface area (Å²) >= 11 is 3.32. The zero-order chi connectivity index (χ0) is 23.1. The Bertz CT molecular complexity index is 870. The highest BCUT2D eigenvalue weighted by molar-refractivity contribution is 9.10. The second-order valence-electron chi connectivity index (χ2n) is 8.94. The van der Waals surface area contributed by atoms with E-state index in [1.807, 2.05) is 0 Å². The summed E-state index contributed by atoms with van der Waals surface area (Å²) in [5.41, 5.74) is -3.37. The topological polar surface area (TPSA) is 73.9 Å². The fourth-order valence-electron chi connectivity index (χ4n) is 3.96. The van der Waals surface area contributed by atoms with E-state index in [1.54, 1.807) is 32.9 Å². The molecule has 1 aromatic carbocycles. The Kier molecular flexibility index (Phi) is 6.87. The molecule has 0 amide bonds. The van der Waals surface area contributed by atoms with Gasteiger partial charge in [-0.05, 0) is 58.7 Å². The molecule has 2 aliphatic rings. The molecular weight excluding hydrogens is 496 g/mol. The van der Waals surface area contributed by atoms with Gasteiger partial charge in [-0.15, -0.1) is 0 Å². The van der Waals surface area contributed by atoms with Crippen molar-refractivity contribution in [1.29, 1.82) is 0 Å². The maximum atomic E-state index is 16.1. The highest BCUT2D eigenvalue weighted by Crippen LogP contribution is 2.54. The van der Waals surface area contributed by atoms with Crippen molar-refractivity contribution >= 4 is 32.9 Å². The van der Waals surface area contributed by atoms with Gasteiger partial charge in [-0.2, -0.15) is 8.78 Å². The highest BCUT2D eigenvalue weighted by Gasteiger charge is 2.68. The fraction of sp³-hybridized carbons (Fsp3) is 0.667. The van der Waals surface area contributed by atoms with Crippen LogP contribution < -0.4 is 9.46 Å². The summed E-state index contributed by atoms with van der Waals surface area (Å²) in [5.74, 6) is -5.51. The third kappa shape index (κ3) is 4.54. The second kappa shape index (κ2) is 8.68. The third-order valence-corrected chi connectivity index (χ3v) is 7.63. The number of benzene rings is 1. The number of carbonyl (C=O) groups excluding carboxylic acids is 1. The minimum absolute atomic E-state index is 0.0497. The first-order valence-electron chi connectivity index (χ1n) is 10.2. The molecule has 1 N–H and O–H groups in total. The average molecular weight is 524 g/mol. The first-order valence-corrected chi connectivity index (χ1v) is 12.1. The van der Waals surface area contributed by atoms with Crippen molar-refractivity contribution < 1.29 is 32.0 Å².